The maximum Gasteiger partial charge on any atom is 0.343 e. The van der Waals surface area contributed by atoms with E-state index in [0.29, 0.717) is 29.4 Å². The smallest absolute Gasteiger partial charge is 0.343 e. The van der Waals surface area contributed by atoms with Crippen LogP contribution in [0.15, 0.2) is 95.0 Å². The van der Waals surface area contributed by atoms with Crippen LogP contribution in [0.5, 0.6) is 11.5 Å². The molecular weight excluding hydrogens is 619 g/mol. The molecule has 0 unspecified atom stereocenters. The number of cyclic esters (lactones) is 1. The van der Waals surface area contributed by atoms with Crippen LogP contribution < -0.4 is 9.47 Å². The molecule has 0 saturated carbocycles. The summed E-state index contributed by atoms with van der Waals surface area (Å²) < 4.78 is 19.2. The third-order valence-corrected chi connectivity index (χ3v) is 7.01. The molecule has 0 atom stereocenters. The number of benzene rings is 4. The molecule has 1 heterocycles. The average Bonchev–Trinajstić information content (AvgIpc) is 3.23. The van der Waals surface area contributed by atoms with Crippen LogP contribution in [0.2, 0.25) is 0 Å². The predicted octanol–water partition coefficient (Wildman–Crippen LogP) is 7.78. The quantitative estimate of drug-likeness (QED) is 0.123. The van der Waals surface area contributed by atoms with E-state index in [1.165, 1.54) is 10.8 Å². The summed E-state index contributed by atoms with van der Waals surface area (Å²) in [4.78, 5) is 12.5. The van der Waals surface area contributed by atoms with Gasteiger partial charge < -0.3 is 14.2 Å². The van der Waals surface area contributed by atoms with Gasteiger partial charge in [-0.3, -0.25) is 0 Å². The number of carbonyl (C=O) groups excluding carboxylic acids is 1. The van der Waals surface area contributed by atoms with Gasteiger partial charge in [-0.2, -0.15) is 0 Å². The lowest BCUT2D eigenvalue weighted by Crippen LogP contribution is -2.01. The molecule has 6 heteroatoms. The summed E-state index contributed by atoms with van der Waals surface area (Å²) in [7, 11) is 1.61. The predicted molar refractivity (Wildman–Crippen MR) is 150 cm³/mol. The van der Waals surface area contributed by atoms with Gasteiger partial charge in [0, 0.05) is 10.0 Å². The SMILES string of the molecule is COc1cc(/C=C2\C=C(c3ccc(Br)cc3)OC2=O)cc(I)c1OCc1cccc2ccccc12. The van der Waals surface area contributed by atoms with Gasteiger partial charge in [0.15, 0.2) is 11.5 Å². The Morgan fingerprint density at radius 1 is 1.00 bits per heavy atom. The Balaban J connectivity index is 1.41. The van der Waals surface area contributed by atoms with E-state index in [2.05, 4.69) is 62.8 Å². The maximum absolute atomic E-state index is 12.5. The van der Waals surface area contributed by atoms with Crippen molar-refractivity contribution < 1.29 is 19.0 Å². The number of esters is 1. The molecule has 0 spiro atoms. The largest absolute Gasteiger partial charge is 0.493 e. The standard InChI is InChI=1S/C29H20BrIO4/c1-33-27-15-18(13-22-16-26(35-29(22)32)20-9-11-23(30)12-10-20)14-25(31)28(27)34-17-21-7-4-6-19-5-2-3-8-24(19)21/h2-16H,17H2,1H3/b22-13+. The number of carbonyl (C=O) groups is 1. The topological polar surface area (TPSA) is 44.8 Å². The van der Waals surface area contributed by atoms with Gasteiger partial charge in [-0.25, -0.2) is 4.79 Å². The van der Waals surface area contributed by atoms with E-state index < -0.39 is 0 Å². The van der Waals surface area contributed by atoms with E-state index in [0.717, 1.165) is 24.7 Å². The molecule has 0 radical (unpaired) electrons. The molecule has 5 rings (SSSR count). The van der Waals surface area contributed by atoms with Crippen molar-refractivity contribution in [2.45, 2.75) is 6.61 Å². The summed E-state index contributed by atoms with van der Waals surface area (Å²) in [6, 6.07) is 25.9. The molecule has 35 heavy (non-hydrogen) atoms. The Hall–Kier alpha value is -3.10. The first-order chi connectivity index (χ1) is 17.0. The molecule has 4 aromatic rings. The third-order valence-electron chi connectivity index (χ3n) is 5.68. The van der Waals surface area contributed by atoms with E-state index in [-0.39, 0.29) is 5.97 Å². The van der Waals surface area contributed by atoms with Crippen LogP contribution >= 0.6 is 38.5 Å². The summed E-state index contributed by atoms with van der Waals surface area (Å²) in [5, 5.41) is 2.34. The van der Waals surface area contributed by atoms with Crippen molar-refractivity contribution in [3.63, 3.8) is 0 Å². The first-order valence-corrected chi connectivity index (χ1v) is 12.8. The summed E-state index contributed by atoms with van der Waals surface area (Å²) in [6.45, 7) is 0.416. The highest BCUT2D eigenvalue weighted by Gasteiger charge is 2.22. The number of fused-ring (bicyclic) bond motifs is 1. The molecule has 1 aliphatic heterocycles. The van der Waals surface area contributed by atoms with Crippen LogP contribution in [0, 0.1) is 3.57 Å². The zero-order valence-electron chi connectivity index (χ0n) is 18.8. The summed E-state index contributed by atoms with van der Waals surface area (Å²) in [5.41, 5.74) is 3.25. The Morgan fingerprint density at radius 2 is 1.77 bits per heavy atom. The Morgan fingerprint density at radius 3 is 2.57 bits per heavy atom. The molecule has 1 aliphatic rings. The van der Waals surface area contributed by atoms with Gasteiger partial charge in [-0.15, -0.1) is 0 Å². The molecule has 0 amide bonds. The second kappa shape index (κ2) is 10.3. The fourth-order valence-corrected chi connectivity index (χ4v) is 5.00. The van der Waals surface area contributed by atoms with Crippen LogP contribution in [0.3, 0.4) is 0 Å². The van der Waals surface area contributed by atoms with E-state index >= 15 is 0 Å². The van der Waals surface area contributed by atoms with Gasteiger partial charge in [0.05, 0.1) is 16.3 Å². The molecule has 0 N–H and O–H groups in total. The average molecular weight is 639 g/mol. The lowest BCUT2D eigenvalue weighted by molar-refractivity contribution is -0.130. The highest BCUT2D eigenvalue weighted by molar-refractivity contribution is 14.1. The second-order valence-corrected chi connectivity index (χ2v) is 10.0. The summed E-state index contributed by atoms with van der Waals surface area (Å²) in [5.74, 6) is 1.43. The van der Waals surface area contributed by atoms with Crippen LogP contribution in [-0.2, 0) is 16.1 Å². The Labute approximate surface area is 225 Å². The fraction of sp³-hybridized carbons (Fsp3) is 0.0690. The molecule has 174 valence electrons. The summed E-state index contributed by atoms with van der Waals surface area (Å²) in [6.07, 6.45) is 3.56. The van der Waals surface area contributed by atoms with Crippen molar-refractivity contribution in [3.05, 3.63) is 115 Å². The van der Waals surface area contributed by atoms with Gasteiger partial charge in [0.25, 0.3) is 0 Å². The first-order valence-electron chi connectivity index (χ1n) is 10.9. The van der Waals surface area contributed by atoms with Crippen molar-refractivity contribution in [1.82, 2.24) is 0 Å². The fourth-order valence-electron chi connectivity index (χ4n) is 3.96. The lowest BCUT2D eigenvalue weighted by Gasteiger charge is -2.15. The van der Waals surface area contributed by atoms with Crippen molar-refractivity contribution in [3.8, 4) is 11.5 Å². The third kappa shape index (κ3) is 5.13. The maximum atomic E-state index is 12.5. The number of halogens is 2. The zero-order valence-corrected chi connectivity index (χ0v) is 22.5. The first kappa shape index (κ1) is 23.6. The van der Waals surface area contributed by atoms with E-state index in [1.807, 2.05) is 54.6 Å². The molecule has 0 aliphatic carbocycles. The lowest BCUT2D eigenvalue weighted by atomic mass is 10.1. The van der Waals surface area contributed by atoms with Crippen LogP contribution in [0.1, 0.15) is 16.7 Å². The monoisotopic (exact) mass is 638 g/mol. The highest BCUT2D eigenvalue weighted by atomic mass is 127. The number of methoxy groups -OCH3 is 1. The van der Waals surface area contributed by atoms with Crippen molar-refractivity contribution in [2.75, 3.05) is 7.11 Å². The Kier molecular flexibility index (Phi) is 6.92. The molecule has 0 bridgehead atoms. The second-order valence-electron chi connectivity index (χ2n) is 7.97. The molecule has 0 aromatic heterocycles. The number of hydrogen-bond donors (Lipinski definition) is 0. The normalized spacial score (nSPS) is 14.2. The van der Waals surface area contributed by atoms with E-state index in [9.17, 15) is 4.79 Å². The van der Waals surface area contributed by atoms with Gasteiger partial charge in [0.2, 0.25) is 0 Å². The molecular formula is C29H20BrIO4. The van der Waals surface area contributed by atoms with E-state index in [4.69, 9.17) is 14.2 Å². The minimum absolute atomic E-state index is 0.381. The molecule has 0 saturated heterocycles. The Bertz CT molecular complexity index is 1480. The van der Waals surface area contributed by atoms with Crippen LogP contribution in [-0.4, -0.2) is 13.1 Å². The van der Waals surface area contributed by atoms with Crippen molar-refractivity contribution >= 4 is 67.1 Å². The van der Waals surface area contributed by atoms with Crippen LogP contribution in [0.25, 0.3) is 22.6 Å². The minimum atomic E-state index is -0.381. The minimum Gasteiger partial charge on any atom is -0.493 e. The molecule has 4 nitrogen and oxygen atoms in total. The zero-order chi connectivity index (χ0) is 24.4. The number of rotatable bonds is 6. The summed E-state index contributed by atoms with van der Waals surface area (Å²) >= 11 is 5.66. The highest BCUT2D eigenvalue weighted by Crippen LogP contribution is 2.36. The van der Waals surface area contributed by atoms with Crippen molar-refractivity contribution in [1.29, 1.82) is 0 Å². The number of hydrogen-bond acceptors (Lipinski definition) is 4. The van der Waals surface area contributed by atoms with Gasteiger partial charge in [-0.05, 0) is 80.9 Å². The number of ether oxygens (including phenoxy) is 3. The van der Waals surface area contributed by atoms with E-state index in [1.54, 1.807) is 19.3 Å². The van der Waals surface area contributed by atoms with Gasteiger partial charge in [0.1, 0.15) is 12.4 Å². The molecule has 0 fully saturated rings. The van der Waals surface area contributed by atoms with Gasteiger partial charge >= 0.3 is 5.97 Å². The van der Waals surface area contributed by atoms with Crippen molar-refractivity contribution in [2.24, 2.45) is 0 Å². The van der Waals surface area contributed by atoms with Crippen LogP contribution in [0.4, 0.5) is 0 Å². The van der Waals surface area contributed by atoms with Gasteiger partial charge in [-0.1, -0.05) is 70.5 Å². The molecule has 4 aromatic carbocycles.